The predicted octanol–water partition coefficient (Wildman–Crippen LogP) is 16.0. The molecule has 0 saturated heterocycles. The molecule has 0 fully saturated rings. The highest BCUT2D eigenvalue weighted by atomic mass is 32.1. The average molecular weight is 729 g/mol. The maximum atomic E-state index is 2.43. The van der Waals surface area contributed by atoms with Crippen molar-refractivity contribution in [3.63, 3.8) is 0 Å². The van der Waals surface area contributed by atoms with Gasteiger partial charge in [0.15, 0.2) is 0 Å². The minimum atomic E-state index is -0.0309. The molecule has 0 radical (unpaired) electrons. The molecule has 56 heavy (non-hydrogen) atoms. The summed E-state index contributed by atoms with van der Waals surface area (Å²) in [6.45, 7) is 4.78. The third-order valence-corrected chi connectivity index (χ3v) is 13.8. The minimum absolute atomic E-state index is 0.0309. The van der Waals surface area contributed by atoms with Gasteiger partial charge in [0, 0.05) is 25.6 Å². The fourth-order valence-corrected chi connectivity index (χ4v) is 11.5. The van der Waals surface area contributed by atoms with Crippen LogP contribution in [0.1, 0.15) is 25.0 Å². The van der Waals surface area contributed by atoms with E-state index < -0.39 is 0 Å². The summed E-state index contributed by atoms with van der Waals surface area (Å²) in [5.41, 5.74) is 13.2. The molecule has 0 saturated carbocycles. The second-order valence-corrected chi connectivity index (χ2v) is 17.0. The van der Waals surface area contributed by atoms with Crippen LogP contribution in [0.25, 0.3) is 108 Å². The molecule has 11 aromatic rings. The summed E-state index contributed by atoms with van der Waals surface area (Å²) in [7, 11) is 0. The van der Waals surface area contributed by atoms with E-state index in [2.05, 4.69) is 196 Å². The Hall–Kier alpha value is -6.54. The first kappa shape index (κ1) is 31.8. The molecule has 1 heterocycles. The van der Waals surface area contributed by atoms with Crippen LogP contribution >= 0.6 is 11.3 Å². The smallest absolute Gasteiger partial charge is 0.0402 e. The average Bonchev–Trinajstić information content (AvgIpc) is 3.72. The van der Waals surface area contributed by atoms with E-state index >= 15 is 0 Å². The Labute approximate surface area is 329 Å². The van der Waals surface area contributed by atoms with Gasteiger partial charge in [-0.3, -0.25) is 0 Å². The summed E-state index contributed by atoms with van der Waals surface area (Å²) in [5, 5.41) is 12.9. The Kier molecular flexibility index (Phi) is 6.66. The molecule has 0 N–H and O–H groups in total. The van der Waals surface area contributed by atoms with Crippen LogP contribution in [-0.4, -0.2) is 0 Å². The van der Waals surface area contributed by atoms with Gasteiger partial charge in [-0.05, 0) is 123 Å². The van der Waals surface area contributed by atoms with Crippen molar-refractivity contribution in [2.45, 2.75) is 19.3 Å². The van der Waals surface area contributed by atoms with Crippen LogP contribution in [0.5, 0.6) is 0 Å². The third kappa shape index (κ3) is 4.47. The first-order valence-electron chi connectivity index (χ1n) is 19.6. The molecule has 1 aliphatic carbocycles. The number of rotatable bonds is 3. The fraction of sp³-hybridized carbons (Fsp3) is 0.0545. The van der Waals surface area contributed by atoms with Gasteiger partial charge in [0.1, 0.15) is 0 Å². The summed E-state index contributed by atoms with van der Waals surface area (Å²) in [6, 6.07) is 68.1. The molecule has 12 rings (SSSR count). The monoisotopic (exact) mass is 728 g/mol. The van der Waals surface area contributed by atoms with E-state index in [0.717, 1.165) is 0 Å². The van der Waals surface area contributed by atoms with Crippen LogP contribution in [0.4, 0.5) is 0 Å². The van der Waals surface area contributed by atoms with E-state index in [4.69, 9.17) is 0 Å². The number of thiophene rings is 1. The number of hydrogen-bond acceptors (Lipinski definition) is 1. The standard InChI is InChI=1S/C55H36S/c1-55(2)49-24-10-9-18-40(49)46-27-28-47-48-31-36-26-25-35(30-38(36)32-50(48)56-54(47)53(46)55)34-15-11-16-37(29-34)51-42-19-5-7-21-44(42)52(45-22-8-6-20-43(45)51)41-23-12-14-33-13-3-4-17-39(33)41/h3-32H,1-2H3. The molecule has 0 aliphatic heterocycles. The van der Waals surface area contributed by atoms with Crippen molar-refractivity contribution in [3.05, 3.63) is 193 Å². The van der Waals surface area contributed by atoms with Crippen molar-refractivity contribution >= 4 is 74.6 Å². The maximum absolute atomic E-state index is 2.43. The van der Waals surface area contributed by atoms with Crippen molar-refractivity contribution in [1.29, 1.82) is 0 Å². The molecule has 0 atom stereocenters. The summed E-state index contributed by atoms with van der Waals surface area (Å²) in [6.07, 6.45) is 0. The largest absolute Gasteiger partial charge is 0.135 e. The van der Waals surface area contributed by atoms with E-state index in [-0.39, 0.29) is 5.41 Å². The Morgan fingerprint density at radius 2 is 0.982 bits per heavy atom. The van der Waals surface area contributed by atoms with E-state index in [0.29, 0.717) is 0 Å². The highest BCUT2D eigenvalue weighted by Gasteiger charge is 2.37. The first-order valence-corrected chi connectivity index (χ1v) is 20.4. The Morgan fingerprint density at radius 3 is 1.79 bits per heavy atom. The van der Waals surface area contributed by atoms with E-state index in [1.807, 2.05) is 11.3 Å². The minimum Gasteiger partial charge on any atom is -0.135 e. The molecule has 1 aliphatic rings. The van der Waals surface area contributed by atoms with Gasteiger partial charge >= 0.3 is 0 Å². The van der Waals surface area contributed by atoms with Crippen LogP contribution in [0, 0.1) is 0 Å². The quantitative estimate of drug-likeness (QED) is 0.159. The second-order valence-electron chi connectivity index (χ2n) is 16.0. The van der Waals surface area contributed by atoms with E-state index in [1.165, 1.54) is 119 Å². The van der Waals surface area contributed by atoms with Crippen LogP contribution in [0.15, 0.2) is 182 Å². The van der Waals surface area contributed by atoms with Crippen molar-refractivity contribution in [2.75, 3.05) is 0 Å². The first-order chi connectivity index (χ1) is 27.5. The Morgan fingerprint density at radius 1 is 0.357 bits per heavy atom. The molecular formula is C55H36S. The Bertz CT molecular complexity index is 3390. The molecule has 262 valence electrons. The summed E-state index contributed by atoms with van der Waals surface area (Å²) in [5.74, 6) is 0. The second kappa shape index (κ2) is 11.7. The lowest BCUT2D eigenvalue weighted by molar-refractivity contribution is 0.667. The highest BCUT2D eigenvalue weighted by Crippen LogP contribution is 2.54. The van der Waals surface area contributed by atoms with Gasteiger partial charge in [-0.1, -0.05) is 172 Å². The molecule has 0 spiro atoms. The lowest BCUT2D eigenvalue weighted by Crippen LogP contribution is -2.14. The molecule has 0 amide bonds. The highest BCUT2D eigenvalue weighted by molar-refractivity contribution is 7.26. The molecule has 0 bridgehead atoms. The molecular weight excluding hydrogens is 693 g/mol. The van der Waals surface area contributed by atoms with Gasteiger partial charge in [-0.15, -0.1) is 11.3 Å². The number of hydrogen-bond donors (Lipinski definition) is 0. The summed E-state index contributed by atoms with van der Waals surface area (Å²) >= 11 is 1.96. The van der Waals surface area contributed by atoms with Gasteiger partial charge in [0.25, 0.3) is 0 Å². The van der Waals surface area contributed by atoms with Crippen molar-refractivity contribution in [1.82, 2.24) is 0 Å². The predicted molar refractivity (Wildman–Crippen MR) is 243 cm³/mol. The van der Waals surface area contributed by atoms with Crippen molar-refractivity contribution in [3.8, 4) is 44.5 Å². The van der Waals surface area contributed by atoms with Gasteiger partial charge < -0.3 is 0 Å². The molecule has 0 nitrogen and oxygen atoms in total. The van der Waals surface area contributed by atoms with Gasteiger partial charge in [-0.2, -0.15) is 0 Å². The van der Waals surface area contributed by atoms with Gasteiger partial charge in [0.2, 0.25) is 0 Å². The van der Waals surface area contributed by atoms with Crippen molar-refractivity contribution in [2.24, 2.45) is 0 Å². The molecule has 1 aromatic heterocycles. The maximum Gasteiger partial charge on any atom is 0.0402 e. The zero-order chi connectivity index (χ0) is 37.1. The van der Waals surface area contributed by atoms with E-state index in [9.17, 15) is 0 Å². The van der Waals surface area contributed by atoms with E-state index in [1.54, 1.807) is 0 Å². The molecule has 10 aromatic carbocycles. The number of fused-ring (bicyclic) bond motifs is 11. The SMILES string of the molecule is CC1(C)c2ccccc2-c2ccc3c(sc4cc5cc(-c6cccc(-c7c8ccccc8c(-c8cccc9ccccc89)c8ccccc78)c6)ccc5cc43)c21. The normalized spacial score (nSPS) is 13.3. The lowest BCUT2D eigenvalue weighted by Gasteiger charge is -2.22. The fourth-order valence-electron chi connectivity index (χ4n) is 10.0. The van der Waals surface area contributed by atoms with Crippen LogP contribution in [-0.2, 0) is 5.41 Å². The molecule has 1 heteroatoms. The topological polar surface area (TPSA) is 0 Å². The zero-order valence-electron chi connectivity index (χ0n) is 31.2. The summed E-state index contributed by atoms with van der Waals surface area (Å²) < 4.78 is 2.77. The van der Waals surface area contributed by atoms with Crippen LogP contribution in [0.3, 0.4) is 0 Å². The Balaban J connectivity index is 1.01. The van der Waals surface area contributed by atoms with Gasteiger partial charge in [-0.25, -0.2) is 0 Å². The summed E-state index contributed by atoms with van der Waals surface area (Å²) in [4.78, 5) is 0. The third-order valence-electron chi connectivity index (χ3n) is 12.6. The zero-order valence-corrected chi connectivity index (χ0v) is 32.0. The van der Waals surface area contributed by atoms with Crippen LogP contribution in [0.2, 0.25) is 0 Å². The lowest BCUT2D eigenvalue weighted by atomic mass is 9.82. The van der Waals surface area contributed by atoms with Crippen molar-refractivity contribution < 1.29 is 0 Å². The molecule has 0 unspecified atom stereocenters. The van der Waals surface area contributed by atoms with Crippen LogP contribution < -0.4 is 0 Å². The van der Waals surface area contributed by atoms with Gasteiger partial charge in [0.05, 0.1) is 0 Å². The number of benzene rings is 10.